The molecule has 0 aliphatic rings. The number of hydrogen-bond acceptors (Lipinski definition) is 6. The van der Waals surface area contributed by atoms with Gasteiger partial charge in [0.2, 0.25) is 0 Å². The fourth-order valence-corrected chi connectivity index (χ4v) is 1.52. The number of nitrogens with one attached hydrogen (secondary N) is 1. The summed E-state index contributed by atoms with van der Waals surface area (Å²) >= 11 is 0. The van der Waals surface area contributed by atoms with Crippen LogP contribution in [0, 0.1) is 0 Å². The van der Waals surface area contributed by atoms with Gasteiger partial charge >= 0.3 is 18.0 Å². The quantitative estimate of drug-likeness (QED) is 0.507. The summed E-state index contributed by atoms with van der Waals surface area (Å²) in [4.78, 5) is 34.8. The number of hydrogen-bond donors (Lipinski definition) is 1. The second kappa shape index (κ2) is 8.17. The molecular formula is C16H21NO6. The van der Waals surface area contributed by atoms with Gasteiger partial charge in [-0.25, -0.2) is 9.59 Å². The van der Waals surface area contributed by atoms with E-state index in [9.17, 15) is 14.4 Å². The second-order valence-electron chi connectivity index (χ2n) is 5.73. The Balaban J connectivity index is 2.63. The summed E-state index contributed by atoms with van der Waals surface area (Å²) in [6.45, 7) is 6.12. The Hall–Kier alpha value is -2.57. The summed E-state index contributed by atoms with van der Waals surface area (Å²) in [6, 6.07) is 8.97. The lowest BCUT2D eigenvalue weighted by atomic mass is 10.2. The molecule has 7 heteroatoms. The summed E-state index contributed by atoms with van der Waals surface area (Å²) in [5.41, 5.74) is 0.0124. The van der Waals surface area contributed by atoms with Gasteiger partial charge in [-0.15, -0.1) is 0 Å². The number of benzene rings is 1. The second-order valence-corrected chi connectivity index (χ2v) is 5.73. The van der Waals surface area contributed by atoms with Crippen LogP contribution in [0.15, 0.2) is 30.3 Å². The number of amides is 1. The first-order chi connectivity index (χ1) is 10.7. The molecule has 23 heavy (non-hydrogen) atoms. The topological polar surface area (TPSA) is 90.9 Å². The third kappa shape index (κ3) is 7.85. The van der Waals surface area contributed by atoms with E-state index in [0.717, 1.165) is 12.5 Å². The molecule has 0 aromatic heterocycles. The highest BCUT2D eigenvalue weighted by Crippen LogP contribution is 2.08. The van der Waals surface area contributed by atoms with Crippen LogP contribution in [0.5, 0.6) is 0 Å². The van der Waals surface area contributed by atoms with Crippen LogP contribution in [-0.2, 0) is 30.4 Å². The van der Waals surface area contributed by atoms with Crippen LogP contribution in [0.1, 0.15) is 33.3 Å². The number of esters is 2. The van der Waals surface area contributed by atoms with Crippen molar-refractivity contribution in [1.29, 1.82) is 0 Å². The van der Waals surface area contributed by atoms with Crippen LogP contribution in [0.25, 0.3) is 0 Å². The van der Waals surface area contributed by atoms with Crippen molar-refractivity contribution >= 4 is 18.0 Å². The van der Waals surface area contributed by atoms with E-state index in [2.05, 4.69) is 5.32 Å². The van der Waals surface area contributed by atoms with Gasteiger partial charge in [-0.3, -0.25) is 10.1 Å². The molecule has 1 rings (SSSR count). The van der Waals surface area contributed by atoms with E-state index in [0.29, 0.717) is 0 Å². The molecule has 0 heterocycles. The Kier molecular flexibility index (Phi) is 6.56. The van der Waals surface area contributed by atoms with Crippen LogP contribution in [0.2, 0.25) is 0 Å². The molecule has 0 spiro atoms. The predicted molar refractivity (Wildman–Crippen MR) is 81.2 cm³/mol. The highest BCUT2D eigenvalue weighted by atomic mass is 16.6. The van der Waals surface area contributed by atoms with Crippen molar-refractivity contribution in [3.8, 4) is 0 Å². The molecule has 0 aliphatic heterocycles. The minimum atomic E-state index is -1.56. The smallest absolute Gasteiger partial charge is 0.410 e. The average Bonchev–Trinajstić information content (AvgIpc) is 2.42. The Morgan fingerprint density at radius 1 is 1.13 bits per heavy atom. The molecule has 1 aromatic carbocycles. The zero-order valence-corrected chi connectivity index (χ0v) is 13.6. The van der Waals surface area contributed by atoms with Crippen LogP contribution in [-0.4, -0.2) is 29.9 Å². The van der Waals surface area contributed by atoms with Crippen molar-refractivity contribution in [2.24, 2.45) is 0 Å². The lowest BCUT2D eigenvalue weighted by Crippen LogP contribution is -2.46. The van der Waals surface area contributed by atoms with Gasteiger partial charge in [0, 0.05) is 6.92 Å². The molecule has 0 fully saturated rings. The molecule has 1 N–H and O–H groups in total. The zero-order chi connectivity index (χ0) is 17.5. The number of ether oxygens (including phenoxy) is 3. The molecule has 0 saturated carbocycles. The van der Waals surface area contributed by atoms with Gasteiger partial charge < -0.3 is 14.2 Å². The lowest BCUT2D eigenvalue weighted by Gasteiger charge is -2.22. The third-order valence-corrected chi connectivity index (χ3v) is 2.37. The van der Waals surface area contributed by atoms with Crippen molar-refractivity contribution < 1.29 is 28.6 Å². The summed E-state index contributed by atoms with van der Waals surface area (Å²) < 4.78 is 14.8. The van der Waals surface area contributed by atoms with Crippen molar-refractivity contribution in [2.45, 2.75) is 46.1 Å². The highest BCUT2D eigenvalue weighted by Gasteiger charge is 2.28. The summed E-state index contributed by atoms with van der Waals surface area (Å²) in [5, 5.41) is 2.16. The Morgan fingerprint density at radius 3 is 2.26 bits per heavy atom. The maximum absolute atomic E-state index is 12.0. The molecule has 7 nitrogen and oxygen atoms in total. The fourth-order valence-electron chi connectivity index (χ4n) is 1.52. The third-order valence-electron chi connectivity index (χ3n) is 2.37. The normalized spacial score (nSPS) is 12.0. The van der Waals surface area contributed by atoms with Gasteiger partial charge in [0.05, 0.1) is 0 Å². The summed E-state index contributed by atoms with van der Waals surface area (Å²) in [5.74, 6) is -1.63. The Labute approximate surface area is 134 Å². The van der Waals surface area contributed by atoms with Crippen LogP contribution < -0.4 is 5.32 Å². The summed E-state index contributed by atoms with van der Waals surface area (Å²) in [6.07, 6.45) is -2.45. The van der Waals surface area contributed by atoms with Gasteiger partial charge in [-0.2, -0.15) is 0 Å². The van der Waals surface area contributed by atoms with Crippen molar-refractivity contribution in [3.05, 3.63) is 35.9 Å². The summed E-state index contributed by atoms with van der Waals surface area (Å²) in [7, 11) is 0. The van der Waals surface area contributed by atoms with Crippen LogP contribution in [0.3, 0.4) is 0 Å². The molecule has 0 aliphatic carbocycles. The van der Waals surface area contributed by atoms with Crippen LogP contribution >= 0.6 is 0 Å². The molecule has 1 aromatic rings. The van der Waals surface area contributed by atoms with Crippen molar-refractivity contribution in [3.63, 3.8) is 0 Å². The zero-order valence-electron chi connectivity index (χ0n) is 13.6. The van der Waals surface area contributed by atoms with E-state index < -0.39 is 29.9 Å². The first-order valence-electron chi connectivity index (χ1n) is 7.04. The van der Waals surface area contributed by atoms with Gasteiger partial charge in [0.15, 0.2) is 0 Å². The molecule has 0 bridgehead atoms. The molecular weight excluding hydrogens is 302 g/mol. The van der Waals surface area contributed by atoms with E-state index in [1.807, 2.05) is 6.07 Å². The lowest BCUT2D eigenvalue weighted by molar-refractivity contribution is -0.169. The standard InChI is InChI=1S/C16H21NO6/c1-11(18)22-13(17-15(20)23-16(2,3)4)14(19)21-10-12-8-6-5-7-9-12/h5-9,13H,10H2,1-4H3,(H,17,20). The molecule has 126 valence electrons. The maximum Gasteiger partial charge on any atom is 0.410 e. The molecule has 0 saturated heterocycles. The van der Waals surface area contributed by atoms with Gasteiger partial charge in [0.25, 0.3) is 6.23 Å². The minimum Gasteiger partial charge on any atom is -0.457 e. The first kappa shape index (κ1) is 18.5. The molecule has 1 atom stereocenters. The molecule has 1 unspecified atom stereocenters. The average molecular weight is 323 g/mol. The van der Waals surface area contributed by atoms with E-state index in [4.69, 9.17) is 14.2 Å². The van der Waals surface area contributed by atoms with Gasteiger partial charge in [0.1, 0.15) is 12.2 Å². The number of alkyl carbamates (subject to hydrolysis) is 1. The van der Waals surface area contributed by atoms with E-state index >= 15 is 0 Å². The van der Waals surface area contributed by atoms with Crippen molar-refractivity contribution in [1.82, 2.24) is 5.32 Å². The first-order valence-corrected chi connectivity index (χ1v) is 7.04. The Bertz CT molecular complexity index is 549. The fraction of sp³-hybridized carbons (Fsp3) is 0.438. The minimum absolute atomic E-state index is 0.00651. The number of rotatable bonds is 5. The predicted octanol–water partition coefficient (Wildman–Crippen LogP) is 2.14. The van der Waals surface area contributed by atoms with E-state index in [-0.39, 0.29) is 6.61 Å². The van der Waals surface area contributed by atoms with Gasteiger partial charge in [-0.05, 0) is 26.3 Å². The largest absolute Gasteiger partial charge is 0.457 e. The molecule has 0 radical (unpaired) electrons. The monoisotopic (exact) mass is 323 g/mol. The van der Waals surface area contributed by atoms with Crippen LogP contribution in [0.4, 0.5) is 4.79 Å². The van der Waals surface area contributed by atoms with E-state index in [1.165, 1.54) is 0 Å². The Morgan fingerprint density at radius 2 is 1.74 bits per heavy atom. The number of carbonyl (C=O) groups excluding carboxylic acids is 3. The van der Waals surface area contributed by atoms with Gasteiger partial charge in [-0.1, -0.05) is 30.3 Å². The molecule has 1 amide bonds. The highest BCUT2D eigenvalue weighted by molar-refractivity contribution is 5.82. The maximum atomic E-state index is 12.0. The number of carbonyl (C=O) groups is 3. The van der Waals surface area contributed by atoms with E-state index in [1.54, 1.807) is 45.0 Å². The SMILES string of the molecule is CC(=O)OC(NC(=O)OC(C)(C)C)C(=O)OCc1ccccc1. The van der Waals surface area contributed by atoms with Crippen molar-refractivity contribution in [2.75, 3.05) is 0 Å².